The number of rotatable bonds is 0. The predicted octanol–water partition coefficient (Wildman–Crippen LogP) is 1.47. The van der Waals surface area contributed by atoms with Gasteiger partial charge in [-0.15, -0.1) is 0 Å². The smallest absolute Gasteiger partial charge is 0.0671 e. The Labute approximate surface area is 52.2 Å². The maximum atomic E-state index is 3.92. The molecule has 0 unspecified atom stereocenters. The molecule has 36 valence electrons. The molecular weight excluding hydrogens is 201 g/mol. The first kappa shape index (κ1) is 4.94. The van der Waals surface area contributed by atoms with Crippen LogP contribution in [0.3, 0.4) is 0 Å². The summed E-state index contributed by atoms with van der Waals surface area (Å²) in [5, 5.41) is 0. The molecule has 1 heterocycles. The van der Waals surface area contributed by atoms with E-state index in [1.54, 1.807) is 6.20 Å². The van der Waals surface area contributed by atoms with Gasteiger partial charge >= 0.3 is 0 Å². The Kier molecular flexibility index (Phi) is 2.03. The van der Waals surface area contributed by atoms with E-state index in [0.29, 0.717) is 0 Å². The summed E-state index contributed by atoms with van der Waals surface area (Å²) < 4.78 is 5.03. The molecule has 0 aromatic rings. The molecule has 0 atom stereocenters. The van der Waals surface area contributed by atoms with Gasteiger partial charge in [-0.25, -0.2) is 0 Å². The zero-order valence-corrected chi connectivity index (χ0v) is 5.79. The highest BCUT2D eigenvalue weighted by Crippen LogP contribution is 1.89. The van der Waals surface area contributed by atoms with Crippen LogP contribution in [0.1, 0.15) is 0 Å². The monoisotopic (exact) mass is 205 g/mol. The van der Waals surface area contributed by atoms with Gasteiger partial charge in [0.05, 0.1) is 4.22 Å². The highest BCUT2D eigenvalue weighted by Gasteiger charge is 1.64. The van der Waals surface area contributed by atoms with Crippen molar-refractivity contribution in [2.45, 2.75) is 0 Å². The molecule has 1 rings (SSSR count). The third-order valence-corrected chi connectivity index (χ3v) is 1.82. The molecule has 0 bridgehead atoms. The number of allylic oxidation sites excluding steroid dienone is 2. The van der Waals surface area contributed by atoms with Crippen molar-refractivity contribution in [3.8, 4) is 0 Å². The fraction of sp³-hybridized carbons (Fsp3) is 0. The molecule has 0 fully saturated rings. The highest BCUT2D eigenvalue weighted by molar-refractivity contribution is 14.2. The first-order chi connectivity index (χ1) is 3.50. The minimum atomic E-state index is 0.0275. The summed E-state index contributed by atoms with van der Waals surface area (Å²) in [5.74, 6) is 0. The van der Waals surface area contributed by atoms with E-state index in [-0.39, 0.29) is 20.7 Å². The highest BCUT2D eigenvalue weighted by atomic mass is 127. The Morgan fingerprint density at radius 1 is 1.57 bits per heavy atom. The first-order valence-electron chi connectivity index (χ1n) is 1.88. The van der Waals surface area contributed by atoms with Gasteiger partial charge in [0.15, 0.2) is 0 Å². The van der Waals surface area contributed by atoms with E-state index in [9.17, 15) is 0 Å². The topological polar surface area (TPSA) is 12.4 Å². The molecule has 0 saturated carbocycles. The van der Waals surface area contributed by atoms with Crippen LogP contribution >= 0.6 is 20.7 Å². The minimum absolute atomic E-state index is 0.0275. The van der Waals surface area contributed by atoms with E-state index in [2.05, 4.69) is 8.66 Å². The molecule has 0 saturated heterocycles. The van der Waals surface area contributed by atoms with E-state index in [1.165, 1.54) is 0 Å². The van der Waals surface area contributed by atoms with Crippen molar-refractivity contribution in [3.63, 3.8) is 0 Å². The molecule has 7 heavy (non-hydrogen) atoms. The number of hydrogen-bond donors (Lipinski definition) is 0. The van der Waals surface area contributed by atoms with Crippen molar-refractivity contribution in [3.05, 3.63) is 18.4 Å². The van der Waals surface area contributed by atoms with Gasteiger partial charge in [0.25, 0.3) is 0 Å². The van der Waals surface area contributed by atoms with Crippen molar-refractivity contribution in [2.24, 2.45) is 4.99 Å². The predicted molar refractivity (Wildman–Crippen MR) is 41.2 cm³/mol. The molecule has 0 N–H and O–H groups in total. The molecule has 0 aliphatic carbocycles. The lowest BCUT2D eigenvalue weighted by molar-refractivity contribution is 1.62. The summed E-state index contributed by atoms with van der Waals surface area (Å²) in [4.78, 5) is 3.92. The zero-order chi connectivity index (χ0) is 4.95. The molecule has 1 nitrogen and oxygen atoms in total. The van der Waals surface area contributed by atoms with Crippen LogP contribution in [0.15, 0.2) is 23.3 Å². The van der Waals surface area contributed by atoms with Crippen LogP contribution in [-0.4, -0.2) is 7.89 Å². The van der Waals surface area contributed by atoms with Crippen molar-refractivity contribution in [2.75, 3.05) is 0 Å². The normalized spacial score (nSPS) is 16.0. The second-order valence-electron chi connectivity index (χ2n) is 0.973. The molecule has 1 aliphatic heterocycles. The maximum Gasteiger partial charge on any atom is 0.0671 e. The summed E-state index contributed by atoms with van der Waals surface area (Å²) in [6.07, 6.45) is 5.59. The van der Waals surface area contributed by atoms with E-state index >= 15 is 0 Å². The van der Waals surface area contributed by atoms with E-state index < -0.39 is 0 Å². The van der Waals surface area contributed by atoms with Crippen LogP contribution in [0, 0.1) is 0 Å². The number of halogens is 1. The van der Waals surface area contributed by atoms with Crippen molar-refractivity contribution in [1.29, 1.82) is 0 Å². The van der Waals surface area contributed by atoms with Crippen LogP contribution in [0.4, 0.5) is 0 Å². The summed E-state index contributed by atoms with van der Waals surface area (Å²) in [7, 11) is 0. The quantitative estimate of drug-likeness (QED) is 0.531. The molecule has 1 aliphatic rings. The lowest BCUT2D eigenvalue weighted by Crippen LogP contribution is -1.44. The molecule has 0 aromatic carbocycles. The standard InChI is InChI=1S/C5H4IN/c1-2-4-7-5-6-3-1/h1-2,4-5H. The van der Waals surface area contributed by atoms with Gasteiger partial charge in [-0.3, -0.25) is 4.99 Å². The number of nitrogens with zero attached hydrogens (tertiary/aromatic N) is 1. The van der Waals surface area contributed by atoms with E-state index in [0.717, 1.165) is 0 Å². The molecular formula is C5H4IN. The fourth-order valence-electron chi connectivity index (χ4n) is 0.254. The van der Waals surface area contributed by atoms with Crippen molar-refractivity contribution < 1.29 is 0 Å². The summed E-state index contributed by atoms with van der Waals surface area (Å²) in [6.45, 7) is 0. The average molecular weight is 205 g/mol. The molecule has 0 radical (unpaired) electrons. The third-order valence-electron chi connectivity index (χ3n) is 0.499. The second kappa shape index (κ2) is 2.88. The lowest BCUT2D eigenvalue weighted by Gasteiger charge is -1.62. The Bertz CT molecular complexity index is 145. The lowest BCUT2D eigenvalue weighted by atomic mass is 10.6. The van der Waals surface area contributed by atoms with Gasteiger partial charge in [-0.05, 0) is 32.9 Å². The van der Waals surface area contributed by atoms with E-state index in [4.69, 9.17) is 0 Å². The summed E-state index contributed by atoms with van der Waals surface area (Å²) in [5.41, 5.74) is 0. The van der Waals surface area contributed by atoms with Crippen molar-refractivity contribution >= 4 is 28.6 Å². The molecule has 0 spiro atoms. The van der Waals surface area contributed by atoms with Crippen LogP contribution in [0.5, 0.6) is 0 Å². The summed E-state index contributed by atoms with van der Waals surface area (Å²) in [6, 6.07) is 0. The van der Waals surface area contributed by atoms with E-state index in [1.807, 2.05) is 16.4 Å². The van der Waals surface area contributed by atoms with Gasteiger partial charge in [0, 0.05) is 6.20 Å². The van der Waals surface area contributed by atoms with Crippen molar-refractivity contribution in [1.82, 2.24) is 0 Å². The Balaban J connectivity index is 2.86. The molecule has 0 amide bonds. The van der Waals surface area contributed by atoms with Gasteiger partial charge in [-0.2, -0.15) is 0 Å². The van der Waals surface area contributed by atoms with Crippen LogP contribution in [0.25, 0.3) is 0 Å². The summed E-state index contributed by atoms with van der Waals surface area (Å²) >= 11 is 0.0275. The Morgan fingerprint density at radius 2 is 2.57 bits per heavy atom. The third kappa shape index (κ3) is 1.80. The molecule has 0 aromatic heterocycles. The second-order valence-corrected chi connectivity index (χ2v) is 2.78. The van der Waals surface area contributed by atoms with Gasteiger partial charge in [0.1, 0.15) is 0 Å². The van der Waals surface area contributed by atoms with Gasteiger partial charge < -0.3 is 0 Å². The van der Waals surface area contributed by atoms with Crippen LogP contribution < -0.4 is 0 Å². The SMILES string of the molecule is C1=CC=CN=CI=1. The largest absolute Gasteiger partial charge is 0.258 e. The maximum absolute atomic E-state index is 3.92. The fourth-order valence-corrected chi connectivity index (χ4v) is 1.18. The molecule has 2 heteroatoms. The zero-order valence-electron chi connectivity index (χ0n) is 3.63. The van der Waals surface area contributed by atoms with Crippen LogP contribution in [-0.2, 0) is 0 Å². The van der Waals surface area contributed by atoms with Gasteiger partial charge in [-0.1, -0.05) is 3.67 Å². The van der Waals surface area contributed by atoms with Crippen LogP contribution in [0.2, 0.25) is 0 Å². The Morgan fingerprint density at radius 3 is 3.57 bits per heavy atom. The average Bonchev–Trinajstić information content (AvgIpc) is 1.90. The number of hydrogen-bond acceptors (Lipinski definition) is 1. The minimum Gasteiger partial charge on any atom is -0.258 e. The number of aliphatic imine (C=N–C) groups is 1. The first-order valence-corrected chi connectivity index (χ1v) is 4.20. The van der Waals surface area contributed by atoms with Gasteiger partial charge in [0.2, 0.25) is 0 Å². The Hall–Kier alpha value is -0.210.